The normalized spacial score (nSPS) is 11.7. The van der Waals surface area contributed by atoms with E-state index < -0.39 is 0 Å². The fourth-order valence-electron chi connectivity index (χ4n) is 3.62. The molecule has 0 unspecified atom stereocenters. The van der Waals surface area contributed by atoms with E-state index in [4.69, 9.17) is 11.6 Å². The third kappa shape index (κ3) is 1.85. The first-order chi connectivity index (χ1) is 11.3. The molecule has 5 aromatic carbocycles. The summed E-state index contributed by atoms with van der Waals surface area (Å²) >= 11 is 6.18. The van der Waals surface area contributed by atoms with E-state index in [1.165, 1.54) is 43.1 Å². The molecule has 0 saturated heterocycles. The lowest BCUT2D eigenvalue weighted by molar-refractivity contribution is 1.77. The summed E-state index contributed by atoms with van der Waals surface area (Å²) in [4.78, 5) is 0. The first-order valence-corrected chi connectivity index (χ1v) is 8.11. The predicted octanol–water partition coefficient (Wildman–Crippen LogP) is 6.95. The summed E-state index contributed by atoms with van der Waals surface area (Å²) in [5, 5.41) is 11.0. The number of benzene rings is 5. The molecule has 0 aliphatic heterocycles. The van der Waals surface area contributed by atoms with E-state index in [0.29, 0.717) is 0 Å². The van der Waals surface area contributed by atoms with Crippen LogP contribution in [0.15, 0.2) is 78.9 Å². The maximum absolute atomic E-state index is 6.18. The topological polar surface area (TPSA) is 0 Å². The van der Waals surface area contributed by atoms with Gasteiger partial charge < -0.3 is 0 Å². The summed E-state index contributed by atoms with van der Waals surface area (Å²) < 4.78 is 0. The van der Waals surface area contributed by atoms with Gasteiger partial charge in [0.05, 0.1) is 0 Å². The maximum atomic E-state index is 6.18. The third-order valence-electron chi connectivity index (χ3n) is 4.66. The van der Waals surface area contributed by atoms with Crippen LogP contribution in [0, 0.1) is 0 Å². The lowest BCUT2D eigenvalue weighted by atomic mass is 9.92. The fourth-order valence-corrected chi connectivity index (χ4v) is 3.80. The van der Waals surface area contributed by atoms with Crippen molar-refractivity contribution in [2.45, 2.75) is 0 Å². The Labute approximate surface area is 138 Å². The molecule has 0 amide bonds. The van der Waals surface area contributed by atoms with Crippen LogP contribution in [0.5, 0.6) is 0 Å². The number of hydrogen-bond donors (Lipinski definition) is 0. The van der Waals surface area contributed by atoms with Crippen molar-refractivity contribution < 1.29 is 0 Å². The van der Waals surface area contributed by atoms with Crippen LogP contribution in [0.4, 0.5) is 0 Å². The van der Waals surface area contributed by atoms with Gasteiger partial charge in [-0.3, -0.25) is 0 Å². The molecule has 0 bridgehead atoms. The van der Waals surface area contributed by atoms with Crippen molar-refractivity contribution >= 4 is 54.7 Å². The second-order valence-electron chi connectivity index (χ2n) is 5.98. The van der Waals surface area contributed by atoms with E-state index in [-0.39, 0.29) is 0 Å². The van der Waals surface area contributed by atoms with Gasteiger partial charge in [-0.1, -0.05) is 66.2 Å². The van der Waals surface area contributed by atoms with E-state index in [1.54, 1.807) is 0 Å². The van der Waals surface area contributed by atoms with Crippen molar-refractivity contribution in [2.24, 2.45) is 0 Å². The minimum absolute atomic E-state index is 0.780. The molecule has 5 rings (SSSR count). The average Bonchev–Trinajstić information content (AvgIpc) is 2.60. The standard InChI is InChI=1S/C22H13Cl/c23-16-10-9-14-12-21-19-7-3-1-5-17(19)18-6-2-4-8-20(18)22(21)13-15(14)11-16/h1-13H. The number of hydrogen-bond acceptors (Lipinski definition) is 0. The number of rotatable bonds is 0. The molecule has 0 nitrogen and oxygen atoms in total. The van der Waals surface area contributed by atoms with Gasteiger partial charge in [0, 0.05) is 5.02 Å². The highest BCUT2D eigenvalue weighted by Crippen LogP contribution is 2.37. The Kier molecular flexibility index (Phi) is 2.65. The Morgan fingerprint density at radius 3 is 1.48 bits per heavy atom. The van der Waals surface area contributed by atoms with Gasteiger partial charge in [0.15, 0.2) is 0 Å². The molecule has 0 atom stereocenters. The van der Waals surface area contributed by atoms with Gasteiger partial charge in [0.25, 0.3) is 0 Å². The minimum atomic E-state index is 0.780. The van der Waals surface area contributed by atoms with Gasteiger partial charge in [0.1, 0.15) is 0 Å². The Hall–Kier alpha value is -2.57. The van der Waals surface area contributed by atoms with E-state index in [2.05, 4.69) is 66.7 Å². The summed E-state index contributed by atoms with van der Waals surface area (Å²) in [5.41, 5.74) is 0. The highest BCUT2D eigenvalue weighted by atomic mass is 35.5. The Balaban J connectivity index is 2.14. The third-order valence-corrected chi connectivity index (χ3v) is 4.90. The molecule has 1 heteroatoms. The highest BCUT2D eigenvalue weighted by Gasteiger charge is 2.09. The van der Waals surface area contributed by atoms with Crippen molar-refractivity contribution in [3.63, 3.8) is 0 Å². The smallest absolute Gasteiger partial charge is 0.0412 e. The van der Waals surface area contributed by atoms with E-state index >= 15 is 0 Å². The molecule has 0 radical (unpaired) electrons. The van der Waals surface area contributed by atoms with Crippen LogP contribution in [0.3, 0.4) is 0 Å². The zero-order chi connectivity index (χ0) is 15.4. The summed E-state index contributed by atoms with van der Waals surface area (Å²) in [5.74, 6) is 0. The van der Waals surface area contributed by atoms with Crippen LogP contribution in [0.2, 0.25) is 5.02 Å². The van der Waals surface area contributed by atoms with Crippen molar-refractivity contribution in [3.8, 4) is 0 Å². The molecule has 0 N–H and O–H groups in total. The molecule has 5 aromatic rings. The van der Waals surface area contributed by atoms with Gasteiger partial charge in [-0.15, -0.1) is 0 Å². The molecule has 0 fully saturated rings. The summed E-state index contributed by atoms with van der Waals surface area (Å²) in [6, 6.07) is 27.9. The lowest BCUT2D eigenvalue weighted by Gasteiger charge is -2.11. The number of halogens is 1. The van der Waals surface area contributed by atoms with E-state index in [9.17, 15) is 0 Å². The molecule has 0 saturated carbocycles. The molecular formula is C22H13Cl. The first-order valence-electron chi connectivity index (χ1n) is 7.74. The molecule has 0 aliphatic carbocycles. The summed E-state index contributed by atoms with van der Waals surface area (Å²) in [6.07, 6.45) is 0. The zero-order valence-corrected chi connectivity index (χ0v) is 13.1. The van der Waals surface area contributed by atoms with E-state index in [0.717, 1.165) is 5.02 Å². The Bertz CT molecular complexity index is 1220. The van der Waals surface area contributed by atoms with Gasteiger partial charge >= 0.3 is 0 Å². The van der Waals surface area contributed by atoms with Crippen molar-refractivity contribution in [3.05, 3.63) is 83.9 Å². The van der Waals surface area contributed by atoms with Gasteiger partial charge in [0.2, 0.25) is 0 Å². The molecular weight excluding hydrogens is 300 g/mol. The van der Waals surface area contributed by atoms with Gasteiger partial charge in [-0.05, 0) is 67.4 Å². The van der Waals surface area contributed by atoms with Crippen LogP contribution in [-0.4, -0.2) is 0 Å². The fraction of sp³-hybridized carbons (Fsp3) is 0. The van der Waals surface area contributed by atoms with Crippen LogP contribution in [0.25, 0.3) is 43.1 Å². The van der Waals surface area contributed by atoms with Crippen molar-refractivity contribution in [1.82, 2.24) is 0 Å². The van der Waals surface area contributed by atoms with Gasteiger partial charge in [-0.25, -0.2) is 0 Å². The van der Waals surface area contributed by atoms with Crippen LogP contribution < -0.4 is 0 Å². The van der Waals surface area contributed by atoms with Crippen molar-refractivity contribution in [2.75, 3.05) is 0 Å². The molecule has 0 heterocycles. The van der Waals surface area contributed by atoms with Crippen molar-refractivity contribution in [1.29, 1.82) is 0 Å². The van der Waals surface area contributed by atoms with Crippen LogP contribution in [-0.2, 0) is 0 Å². The first kappa shape index (κ1) is 12.9. The van der Waals surface area contributed by atoms with Crippen LogP contribution in [0.1, 0.15) is 0 Å². The summed E-state index contributed by atoms with van der Waals surface area (Å²) in [7, 11) is 0. The second-order valence-corrected chi connectivity index (χ2v) is 6.42. The molecule has 0 aromatic heterocycles. The quantitative estimate of drug-likeness (QED) is 0.214. The largest absolute Gasteiger partial charge is 0.0843 e. The predicted molar refractivity (Wildman–Crippen MR) is 101 cm³/mol. The Morgan fingerprint density at radius 2 is 0.913 bits per heavy atom. The summed E-state index contributed by atoms with van der Waals surface area (Å²) in [6.45, 7) is 0. The number of fused-ring (bicyclic) bond motifs is 7. The SMILES string of the molecule is Clc1ccc2cc3c4ccccc4c4ccccc4c3cc2c1. The Morgan fingerprint density at radius 1 is 0.435 bits per heavy atom. The average molecular weight is 313 g/mol. The molecule has 0 spiro atoms. The monoisotopic (exact) mass is 312 g/mol. The maximum Gasteiger partial charge on any atom is 0.0412 e. The van der Waals surface area contributed by atoms with Gasteiger partial charge in [-0.2, -0.15) is 0 Å². The minimum Gasteiger partial charge on any atom is -0.0843 e. The molecule has 108 valence electrons. The molecule has 0 aliphatic rings. The van der Waals surface area contributed by atoms with Crippen LogP contribution >= 0.6 is 11.6 Å². The van der Waals surface area contributed by atoms with E-state index in [1.807, 2.05) is 12.1 Å². The molecule has 23 heavy (non-hydrogen) atoms. The highest BCUT2D eigenvalue weighted by molar-refractivity contribution is 6.32. The lowest BCUT2D eigenvalue weighted by Crippen LogP contribution is -1.84. The zero-order valence-electron chi connectivity index (χ0n) is 12.4. The second kappa shape index (κ2) is 4.71.